The summed E-state index contributed by atoms with van der Waals surface area (Å²) in [5.74, 6) is -0.423. The van der Waals surface area contributed by atoms with E-state index in [4.69, 9.17) is 4.74 Å². The lowest BCUT2D eigenvalue weighted by atomic mass is 10.1. The Balaban J connectivity index is 1.60. The Morgan fingerprint density at radius 2 is 2.08 bits per heavy atom. The van der Waals surface area contributed by atoms with Gasteiger partial charge in [-0.15, -0.1) is 0 Å². The molecule has 2 aliphatic rings. The molecule has 2 atom stereocenters. The maximum Gasteiger partial charge on any atom is 0.318 e. The highest BCUT2D eigenvalue weighted by atomic mass is 19.1. The fourth-order valence-corrected chi connectivity index (χ4v) is 3.03. The Bertz CT molecular complexity index is 593. The molecule has 2 aliphatic heterocycles. The van der Waals surface area contributed by atoms with E-state index in [9.17, 15) is 14.0 Å². The number of nitrogens with one attached hydrogen (secondary N) is 2. The molecule has 3 amide bonds. The molecule has 6 nitrogen and oxygen atoms in total. The van der Waals surface area contributed by atoms with E-state index in [1.165, 1.54) is 12.1 Å². The molecular formula is C17H22FN3O3. The second-order valence-electron chi connectivity index (χ2n) is 6.15. The van der Waals surface area contributed by atoms with Gasteiger partial charge in [0.15, 0.2) is 0 Å². The van der Waals surface area contributed by atoms with Gasteiger partial charge in [0.1, 0.15) is 18.0 Å². The van der Waals surface area contributed by atoms with Gasteiger partial charge in [0, 0.05) is 13.1 Å². The van der Waals surface area contributed by atoms with Crippen molar-refractivity contribution in [2.75, 3.05) is 26.2 Å². The number of morpholine rings is 1. The fraction of sp³-hybridized carbons (Fsp3) is 0.529. The number of benzene rings is 1. The van der Waals surface area contributed by atoms with Gasteiger partial charge in [-0.3, -0.25) is 4.79 Å². The molecule has 2 fully saturated rings. The first-order valence-electron chi connectivity index (χ1n) is 8.34. The quantitative estimate of drug-likeness (QED) is 0.862. The second kappa shape index (κ2) is 7.61. The van der Waals surface area contributed by atoms with Gasteiger partial charge in [0.05, 0.1) is 13.2 Å². The summed E-state index contributed by atoms with van der Waals surface area (Å²) < 4.78 is 18.7. The number of carbonyl (C=O) groups excluding carboxylic acids is 2. The summed E-state index contributed by atoms with van der Waals surface area (Å²) in [6, 6.07) is 5.36. The highest BCUT2D eigenvalue weighted by Gasteiger charge is 2.29. The smallest absolute Gasteiger partial charge is 0.318 e. The summed E-state index contributed by atoms with van der Waals surface area (Å²) in [5.41, 5.74) is 0.834. The number of ether oxygens (including phenoxy) is 1. The molecule has 130 valence electrons. The van der Waals surface area contributed by atoms with Crippen LogP contribution in [0.4, 0.5) is 9.18 Å². The molecule has 0 aromatic heterocycles. The van der Waals surface area contributed by atoms with Crippen LogP contribution in [0, 0.1) is 5.82 Å². The summed E-state index contributed by atoms with van der Waals surface area (Å²) in [6.07, 6.45) is 2.21. The molecule has 2 N–H and O–H groups in total. The highest BCUT2D eigenvalue weighted by molar-refractivity contribution is 5.87. The molecule has 0 unspecified atom stereocenters. The van der Waals surface area contributed by atoms with Crippen molar-refractivity contribution in [3.63, 3.8) is 0 Å². The average molecular weight is 335 g/mol. The van der Waals surface area contributed by atoms with E-state index in [1.54, 1.807) is 17.0 Å². The predicted octanol–water partition coefficient (Wildman–Crippen LogP) is 1.58. The molecule has 0 spiro atoms. The highest BCUT2D eigenvalue weighted by Crippen LogP contribution is 2.22. The summed E-state index contributed by atoms with van der Waals surface area (Å²) in [6.45, 7) is 1.92. The van der Waals surface area contributed by atoms with Crippen LogP contribution in [0.15, 0.2) is 24.3 Å². The number of halogens is 1. The summed E-state index contributed by atoms with van der Waals surface area (Å²) in [4.78, 5) is 26.1. The van der Waals surface area contributed by atoms with Crippen molar-refractivity contribution in [3.05, 3.63) is 35.6 Å². The molecular weight excluding hydrogens is 313 g/mol. The number of hydrogen-bond acceptors (Lipinski definition) is 3. The molecule has 0 aliphatic carbocycles. The molecule has 1 aromatic carbocycles. The van der Waals surface area contributed by atoms with E-state index in [-0.39, 0.29) is 23.9 Å². The zero-order valence-corrected chi connectivity index (χ0v) is 13.5. The number of carbonyl (C=O) groups is 2. The SMILES string of the molecule is O=C1NCCCC[C@@H]1NC(=O)N1CCO[C@H](c2ccc(F)cc2)C1. The van der Waals surface area contributed by atoms with E-state index in [2.05, 4.69) is 10.6 Å². The standard InChI is InChI=1S/C17H22FN3O3/c18-13-6-4-12(5-7-13)15-11-21(9-10-24-15)17(23)20-14-3-1-2-8-19-16(14)22/h4-7,14-15H,1-3,8-11H2,(H,19,22)(H,20,23)/t14-,15-/m0/s1. The molecule has 2 heterocycles. The van der Waals surface area contributed by atoms with Gasteiger partial charge < -0.3 is 20.3 Å². The molecule has 3 rings (SSSR count). The zero-order valence-electron chi connectivity index (χ0n) is 13.5. The lowest BCUT2D eigenvalue weighted by Crippen LogP contribution is -2.53. The van der Waals surface area contributed by atoms with Crippen LogP contribution in [0.2, 0.25) is 0 Å². The Morgan fingerprint density at radius 3 is 2.88 bits per heavy atom. The third-order valence-electron chi connectivity index (χ3n) is 4.43. The monoisotopic (exact) mass is 335 g/mol. The Kier molecular flexibility index (Phi) is 5.30. The minimum Gasteiger partial charge on any atom is -0.370 e. The van der Waals surface area contributed by atoms with Gasteiger partial charge in [-0.05, 0) is 37.0 Å². The van der Waals surface area contributed by atoms with Gasteiger partial charge in [-0.2, -0.15) is 0 Å². The van der Waals surface area contributed by atoms with E-state index in [0.29, 0.717) is 32.7 Å². The van der Waals surface area contributed by atoms with Crippen molar-refractivity contribution in [2.45, 2.75) is 31.4 Å². The maximum absolute atomic E-state index is 13.0. The third kappa shape index (κ3) is 4.03. The normalized spacial score (nSPS) is 24.9. The lowest BCUT2D eigenvalue weighted by Gasteiger charge is -2.34. The van der Waals surface area contributed by atoms with E-state index < -0.39 is 6.04 Å². The maximum atomic E-state index is 13.0. The Morgan fingerprint density at radius 1 is 1.29 bits per heavy atom. The van der Waals surface area contributed by atoms with Gasteiger partial charge in [-0.1, -0.05) is 12.1 Å². The van der Waals surface area contributed by atoms with E-state index in [1.807, 2.05) is 0 Å². The molecule has 7 heteroatoms. The van der Waals surface area contributed by atoms with Crippen LogP contribution in [0.1, 0.15) is 30.9 Å². The lowest BCUT2D eigenvalue weighted by molar-refractivity contribution is -0.122. The van der Waals surface area contributed by atoms with Crippen molar-refractivity contribution in [3.8, 4) is 0 Å². The molecule has 1 aromatic rings. The van der Waals surface area contributed by atoms with Crippen LogP contribution in [0.5, 0.6) is 0 Å². The Labute approximate surface area is 140 Å². The van der Waals surface area contributed by atoms with E-state index >= 15 is 0 Å². The zero-order chi connectivity index (χ0) is 16.9. The topological polar surface area (TPSA) is 70.7 Å². The first kappa shape index (κ1) is 16.7. The largest absolute Gasteiger partial charge is 0.370 e. The molecule has 0 bridgehead atoms. The number of urea groups is 1. The predicted molar refractivity (Wildman–Crippen MR) is 85.8 cm³/mol. The minimum absolute atomic E-state index is 0.121. The van der Waals surface area contributed by atoms with Crippen LogP contribution in [-0.2, 0) is 9.53 Å². The van der Waals surface area contributed by atoms with Gasteiger partial charge in [-0.25, -0.2) is 9.18 Å². The first-order chi connectivity index (χ1) is 11.6. The van der Waals surface area contributed by atoms with Crippen molar-refractivity contribution < 1.29 is 18.7 Å². The van der Waals surface area contributed by atoms with Crippen LogP contribution in [0.25, 0.3) is 0 Å². The fourth-order valence-electron chi connectivity index (χ4n) is 3.03. The number of amides is 3. The molecule has 24 heavy (non-hydrogen) atoms. The second-order valence-corrected chi connectivity index (χ2v) is 6.15. The van der Waals surface area contributed by atoms with Crippen molar-refractivity contribution >= 4 is 11.9 Å². The number of rotatable bonds is 2. The van der Waals surface area contributed by atoms with Crippen LogP contribution in [-0.4, -0.2) is 49.1 Å². The van der Waals surface area contributed by atoms with Crippen molar-refractivity contribution in [1.29, 1.82) is 0 Å². The Hall–Kier alpha value is -2.15. The van der Waals surface area contributed by atoms with Crippen LogP contribution >= 0.6 is 0 Å². The summed E-state index contributed by atoms with van der Waals surface area (Å²) >= 11 is 0. The number of nitrogens with zero attached hydrogens (tertiary/aromatic N) is 1. The number of hydrogen-bond donors (Lipinski definition) is 2. The van der Waals surface area contributed by atoms with E-state index in [0.717, 1.165) is 18.4 Å². The molecule has 0 saturated carbocycles. The van der Waals surface area contributed by atoms with Gasteiger partial charge in [0.25, 0.3) is 0 Å². The summed E-state index contributed by atoms with van der Waals surface area (Å²) in [7, 11) is 0. The first-order valence-corrected chi connectivity index (χ1v) is 8.34. The minimum atomic E-state index is -0.480. The van der Waals surface area contributed by atoms with Crippen LogP contribution < -0.4 is 10.6 Å². The third-order valence-corrected chi connectivity index (χ3v) is 4.43. The molecule has 0 radical (unpaired) electrons. The molecule has 2 saturated heterocycles. The summed E-state index contributed by atoms with van der Waals surface area (Å²) in [5, 5.41) is 5.63. The average Bonchev–Trinajstić information content (AvgIpc) is 2.80. The van der Waals surface area contributed by atoms with Crippen LogP contribution in [0.3, 0.4) is 0 Å². The van der Waals surface area contributed by atoms with Gasteiger partial charge in [0.2, 0.25) is 5.91 Å². The van der Waals surface area contributed by atoms with Gasteiger partial charge >= 0.3 is 6.03 Å². The van der Waals surface area contributed by atoms with Crippen molar-refractivity contribution in [2.24, 2.45) is 0 Å². The van der Waals surface area contributed by atoms with Crippen molar-refractivity contribution in [1.82, 2.24) is 15.5 Å².